The second-order valence-corrected chi connectivity index (χ2v) is 6.16. The summed E-state index contributed by atoms with van der Waals surface area (Å²) >= 11 is 0. The van der Waals surface area contributed by atoms with Crippen molar-refractivity contribution >= 4 is 21.1 Å². The summed E-state index contributed by atoms with van der Waals surface area (Å²) in [5.74, 6) is 0.267. The summed E-state index contributed by atoms with van der Waals surface area (Å²) in [4.78, 5) is 18.6. The van der Waals surface area contributed by atoms with E-state index < -0.39 is 10.2 Å². The summed E-state index contributed by atoms with van der Waals surface area (Å²) in [6.45, 7) is 3.35. The van der Waals surface area contributed by atoms with Crippen LogP contribution in [0.3, 0.4) is 0 Å². The first-order valence-corrected chi connectivity index (χ1v) is 7.60. The molecule has 0 bridgehead atoms. The summed E-state index contributed by atoms with van der Waals surface area (Å²) in [7, 11) is -3.61. The first-order valence-electron chi connectivity index (χ1n) is 6.12. The number of nitrogens with zero attached hydrogens (tertiary/aromatic N) is 1. The minimum Gasteiger partial charge on any atom is -0.309 e. The van der Waals surface area contributed by atoms with Crippen molar-refractivity contribution < 1.29 is 8.42 Å². The molecule has 0 aliphatic rings. The van der Waals surface area contributed by atoms with Crippen molar-refractivity contribution in [3.63, 3.8) is 0 Å². The van der Waals surface area contributed by atoms with Crippen LogP contribution in [-0.2, 0) is 16.8 Å². The molecule has 0 fully saturated rings. The number of hydrogen-bond acceptors (Lipinski definition) is 4. The normalized spacial score (nSPS) is 12.2. The largest absolute Gasteiger partial charge is 0.309 e. The molecule has 0 radical (unpaired) electrons. The van der Waals surface area contributed by atoms with E-state index in [1.54, 1.807) is 38.1 Å². The van der Waals surface area contributed by atoms with Gasteiger partial charge in [0.2, 0.25) is 0 Å². The molecule has 108 valence electrons. The van der Waals surface area contributed by atoms with Gasteiger partial charge in [-0.1, -0.05) is 12.1 Å². The lowest BCUT2D eigenvalue weighted by Gasteiger charge is -2.10. The maximum Gasteiger partial charge on any atom is 0.277 e. The fraction of sp³-hybridized carbons (Fsp3) is 0.333. The average Bonchev–Trinajstić information content (AvgIpc) is 2.35. The zero-order chi connectivity index (χ0) is 14.8. The number of para-hydroxylation sites is 1. The van der Waals surface area contributed by atoms with E-state index in [-0.39, 0.29) is 24.0 Å². The second-order valence-electron chi connectivity index (χ2n) is 4.63. The first kappa shape index (κ1) is 14.6. The Hall–Kier alpha value is -1.77. The Morgan fingerprint density at radius 2 is 2.00 bits per heavy atom. The summed E-state index contributed by atoms with van der Waals surface area (Å²) in [5.41, 5.74) is 0.240. The maximum absolute atomic E-state index is 11.8. The van der Waals surface area contributed by atoms with Crippen LogP contribution in [-0.4, -0.2) is 24.4 Å². The van der Waals surface area contributed by atoms with E-state index in [4.69, 9.17) is 0 Å². The minimum absolute atomic E-state index is 0.0812. The van der Waals surface area contributed by atoms with Gasteiger partial charge in [0.15, 0.2) is 0 Å². The molecule has 0 aliphatic carbocycles. The molecular weight excluding hydrogens is 280 g/mol. The SMILES string of the molecule is CC(C)NS(=O)(=O)NCc1nc2ccccc2c(=O)[nH]1. The Bertz CT molecular complexity index is 768. The van der Waals surface area contributed by atoms with E-state index in [2.05, 4.69) is 19.4 Å². The van der Waals surface area contributed by atoms with Gasteiger partial charge in [-0.2, -0.15) is 17.9 Å². The number of nitrogens with one attached hydrogen (secondary N) is 3. The third kappa shape index (κ3) is 3.62. The van der Waals surface area contributed by atoms with Crippen LogP contribution in [0.25, 0.3) is 10.9 Å². The van der Waals surface area contributed by atoms with Crippen LogP contribution in [0.15, 0.2) is 29.1 Å². The summed E-state index contributed by atoms with van der Waals surface area (Å²) in [6.07, 6.45) is 0. The smallest absolute Gasteiger partial charge is 0.277 e. The number of fused-ring (bicyclic) bond motifs is 1. The van der Waals surface area contributed by atoms with Gasteiger partial charge >= 0.3 is 0 Å². The summed E-state index contributed by atoms with van der Waals surface area (Å²) in [5, 5.41) is 0.472. The topological polar surface area (TPSA) is 104 Å². The monoisotopic (exact) mass is 296 g/mol. The zero-order valence-corrected chi connectivity index (χ0v) is 12.0. The van der Waals surface area contributed by atoms with Crippen molar-refractivity contribution in [3.05, 3.63) is 40.4 Å². The lowest BCUT2D eigenvalue weighted by atomic mass is 10.2. The van der Waals surface area contributed by atoms with Crippen LogP contribution >= 0.6 is 0 Å². The van der Waals surface area contributed by atoms with Crippen molar-refractivity contribution in [2.75, 3.05) is 0 Å². The predicted molar refractivity (Wildman–Crippen MR) is 76.4 cm³/mol. The molecule has 0 atom stereocenters. The molecule has 0 aliphatic heterocycles. The molecule has 1 aromatic carbocycles. The predicted octanol–water partition coefficient (Wildman–Crippen LogP) is 0.255. The molecule has 20 heavy (non-hydrogen) atoms. The fourth-order valence-electron chi connectivity index (χ4n) is 1.73. The average molecular weight is 296 g/mol. The van der Waals surface area contributed by atoms with Crippen molar-refractivity contribution in [2.45, 2.75) is 26.4 Å². The van der Waals surface area contributed by atoms with E-state index in [1.165, 1.54) is 0 Å². The van der Waals surface area contributed by atoms with Gasteiger partial charge < -0.3 is 4.98 Å². The van der Waals surface area contributed by atoms with Gasteiger partial charge in [-0.05, 0) is 26.0 Å². The highest BCUT2D eigenvalue weighted by Crippen LogP contribution is 2.05. The second kappa shape index (κ2) is 5.70. The molecule has 0 spiro atoms. The fourth-order valence-corrected chi connectivity index (χ4v) is 2.76. The van der Waals surface area contributed by atoms with Gasteiger partial charge in [0.1, 0.15) is 5.82 Å². The molecule has 1 aromatic heterocycles. The molecule has 3 N–H and O–H groups in total. The lowest BCUT2D eigenvalue weighted by molar-refractivity contribution is 0.553. The number of benzene rings is 1. The van der Waals surface area contributed by atoms with E-state index in [0.29, 0.717) is 10.9 Å². The van der Waals surface area contributed by atoms with Gasteiger partial charge in [0.05, 0.1) is 17.4 Å². The van der Waals surface area contributed by atoms with Crippen LogP contribution in [0.1, 0.15) is 19.7 Å². The van der Waals surface area contributed by atoms with Gasteiger partial charge in [-0.25, -0.2) is 4.98 Å². The Kier molecular flexibility index (Phi) is 4.17. The first-order chi connectivity index (χ1) is 9.37. The Morgan fingerprint density at radius 3 is 2.70 bits per heavy atom. The van der Waals surface area contributed by atoms with Crippen molar-refractivity contribution in [1.82, 2.24) is 19.4 Å². The number of hydrogen-bond donors (Lipinski definition) is 3. The van der Waals surface area contributed by atoms with Gasteiger partial charge in [-0.15, -0.1) is 0 Å². The van der Waals surface area contributed by atoms with Gasteiger partial charge in [-0.3, -0.25) is 4.79 Å². The van der Waals surface area contributed by atoms with Gasteiger partial charge in [0.25, 0.3) is 15.8 Å². The molecule has 0 saturated heterocycles. The van der Waals surface area contributed by atoms with Crippen LogP contribution < -0.4 is 15.0 Å². The molecule has 1 heterocycles. The maximum atomic E-state index is 11.8. The quantitative estimate of drug-likeness (QED) is 0.736. The molecular formula is C12H16N4O3S. The summed E-state index contributed by atoms with van der Waals surface area (Å²) < 4.78 is 28.0. The highest BCUT2D eigenvalue weighted by atomic mass is 32.2. The van der Waals surface area contributed by atoms with Gasteiger partial charge in [0, 0.05) is 6.04 Å². The number of aromatic nitrogens is 2. The Morgan fingerprint density at radius 1 is 1.30 bits per heavy atom. The number of rotatable bonds is 5. The Labute approximate surface area is 116 Å². The molecule has 2 rings (SSSR count). The molecule has 2 aromatic rings. The van der Waals surface area contributed by atoms with E-state index in [1.807, 2.05) is 0 Å². The van der Waals surface area contributed by atoms with E-state index in [0.717, 1.165) is 0 Å². The zero-order valence-electron chi connectivity index (χ0n) is 11.2. The van der Waals surface area contributed by atoms with E-state index in [9.17, 15) is 13.2 Å². The van der Waals surface area contributed by atoms with Crippen LogP contribution in [0.5, 0.6) is 0 Å². The minimum atomic E-state index is -3.61. The van der Waals surface area contributed by atoms with Crippen molar-refractivity contribution in [2.24, 2.45) is 0 Å². The van der Waals surface area contributed by atoms with Crippen LogP contribution in [0.4, 0.5) is 0 Å². The lowest BCUT2D eigenvalue weighted by Crippen LogP contribution is -2.40. The van der Waals surface area contributed by atoms with Crippen LogP contribution in [0, 0.1) is 0 Å². The molecule has 0 unspecified atom stereocenters. The molecule has 8 heteroatoms. The summed E-state index contributed by atoms with van der Waals surface area (Å²) in [6, 6.07) is 6.66. The molecule has 0 amide bonds. The van der Waals surface area contributed by atoms with Crippen molar-refractivity contribution in [3.8, 4) is 0 Å². The highest BCUT2D eigenvalue weighted by Gasteiger charge is 2.12. The number of aromatic amines is 1. The van der Waals surface area contributed by atoms with Crippen LogP contribution in [0.2, 0.25) is 0 Å². The molecule has 7 nitrogen and oxygen atoms in total. The highest BCUT2D eigenvalue weighted by molar-refractivity contribution is 7.87. The number of H-pyrrole nitrogens is 1. The van der Waals surface area contributed by atoms with E-state index >= 15 is 0 Å². The Balaban J connectivity index is 2.21. The standard InChI is InChI=1S/C12H16N4O3S/c1-8(2)16-20(18,19)13-7-11-14-10-6-4-3-5-9(10)12(17)15-11/h3-6,8,13,16H,7H2,1-2H3,(H,14,15,17). The van der Waals surface area contributed by atoms with Crippen molar-refractivity contribution in [1.29, 1.82) is 0 Å². The third-order valence-electron chi connectivity index (χ3n) is 2.48. The molecule has 0 saturated carbocycles. The third-order valence-corrected chi connectivity index (χ3v) is 3.79.